The van der Waals surface area contributed by atoms with E-state index in [9.17, 15) is 0 Å². The molecule has 86 valence electrons. The lowest BCUT2D eigenvalue weighted by Gasteiger charge is -2.22. The molecular formula is C9H24N2O2Si. The Morgan fingerprint density at radius 2 is 1.43 bits per heavy atom. The standard InChI is InChI=1S/C9H24N2O2Si/c1-12-14(13-2)9(5-3-7-10)6-4-8-11/h9,14H,3-8,10-11H2,1-2H3. The minimum absolute atomic E-state index is 0.553. The smallest absolute Gasteiger partial charge is 0.324 e. The molecule has 14 heavy (non-hydrogen) atoms. The van der Waals surface area contributed by atoms with Gasteiger partial charge in [-0.25, -0.2) is 0 Å². The summed E-state index contributed by atoms with van der Waals surface area (Å²) in [5, 5.41) is 0. The first-order chi connectivity index (χ1) is 6.79. The molecular weight excluding hydrogens is 196 g/mol. The van der Waals surface area contributed by atoms with Gasteiger partial charge in [-0.2, -0.15) is 0 Å². The van der Waals surface area contributed by atoms with Crippen LogP contribution < -0.4 is 11.5 Å². The molecule has 0 spiro atoms. The van der Waals surface area contributed by atoms with Gasteiger partial charge in [0.15, 0.2) is 0 Å². The summed E-state index contributed by atoms with van der Waals surface area (Å²) < 4.78 is 10.8. The molecule has 0 rings (SSSR count). The van der Waals surface area contributed by atoms with Crippen LogP contribution in [0.5, 0.6) is 0 Å². The fourth-order valence-electron chi connectivity index (χ4n) is 1.66. The van der Waals surface area contributed by atoms with Gasteiger partial charge in [0.25, 0.3) is 0 Å². The summed E-state index contributed by atoms with van der Waals surface area (Å²) in [5.74, 6) is 0. The molecule has 0 fully saturated rings. The summed E-state index contributed by atoms with van der Waals surface area (Å²) >= 11 is 0. The van der Waals surface area contributed by atoms with E-state index in [1.807, 2.05) is 0 Å². The zero-order chi connectivity index (χ0) is 10.8. The topological polar surface area (TPSA) is 70.5 Å². The molecule has 5 heteroatoms. The maximum atomic E-state index is 5.50. The zero-order valence-corrected chi connectivity index (χ0v) is 10.5. The summed E-state index contributed by atoms with van der Waals surface area (Å²) in [7, 11) is 1.99. The highest BCUT2D eigenvalue weighted by Gasteiger charge is 2.22. The maximum Gasteiger partial charge on any atom is 0.324 e. The average Bonchev–Trinajstić information content (AvgIpc) is 2.22. The van der Waals surface area contributed by atoms with E-state index in [2.05, 4.69) is 0 Å². The molecule has 0 saturated carbocycles. The Morgan fingerprint density at radius 1 is 1.00 bits per heavy atom. The Labute approximate surface area is 88.8 Å². The van der Waals surface area contributed by atoms with Gasteiger partial charge < -0.3 is 20.3 Å². The highest BCUT2D eigenvalue weighted by atomic mass is 28.3. The van der Waals surface area contributed by atoms with Crippen molar-refractivity contribution in [2.24, 2.45) is 11.5 Å². The van der Waals surface area contributed by atoms with Gasteiger partial charge in [-0.3, -0.25) is 0 Å². The summed E-state index contributed by atoms with van der Waals surface area (Å²) in [4.78, 5) is 0. The van der Waals surface area contributed by atoms with Crippen molar-refractivity contribution in [2.75, 3.05) is 27.3 Å². The summed E-state index contributed by atoms with van der Waals surface area (Å²) in [6.45, 7) is 1.49. The van der Waals surface area contributed by atoms with Crippen molar-refractivity contribution in [3.63, 3.8) is 0 Å². The number of rotatable bonds is 9. The van der Waals surface area contributed by atoms with Crippen LogP contribution in [0.1, 0.15) is 25.7 Å². The lowest BCUT2D eigenvalue weighted by atomic mass is 10.1. The third-order valence-electron chi connectivity index (χ3n) is 2.41. The van der Waals surface area contributed by atoms with Gasteiger partial charge in [0, 0.05) is 14.2 Å². The van der Waals surface area contributed by atoms with E-state index in [-0.39, 0.29) is 0 Å². The highest BCUT2D eigenvalue weighted by molar-refractivity contribution is 6.46. The fraction of sp³-hybridized carbons (Fsp3) is 1.00. The third-order valence-corrected chi connectivity index (χ3v) is 4.77. The first-order valence-electron chi connectivity index (χ1n) is 5.25. The van der Waals surface area contributed by atoms with Gasteiger partial charge in [0.05, 0.1) is 0 Å². The molecule has 4 N–H and O–H groups in total. The van der Waals surface area contributed by atoms with Crippen LogP contribution in [0.3, 0.4) is 0 Å². The second-order valence-electron chi connectivity index (χ2n) is 3.46. The van der Waals surface area contributed by atoms with Crippen LogP contribution in [0.15, 0.2) is 0 Å². The molecule has 0 bridgehead atoms. The Kier molecular flexibility index (Phi) is 9.64. The Hall–Kier alpha value is 0.0569. The molecule has 0 aliphatic carbocycles. The van der Waals surface area contributed by atoms with Crippen molar-refractivity contribution in [1.29, 1.82) is 0 Å². The average molecular weight is 220 g/mol. The van der Waals surface area contributed by atoms with Gasteiger partial charge >= 0.3 is 9.28 Å². The first kappa shape index (κ1) is 14.1. The van der Waals surface area contributed by atoms with Crippen LogP contribution >= 0.6 is 0 Å². The largest absolute Gasteiger partial charge is 0.400 e. The van der Waals surface area contributed by atoms with Crippen LogP contribution in [-0.4, -0.2) is 36.6 Å². The van der Waals surface area contributed by atoms with Crippen molar-refractivity contribution in [3.8, 4) is 0 Å². The van der Waals surface area contributed by atoms with Crippen molar-refractivity contribution in [3.05, 3.63) is 0 Å². The van der Waals surface area contributed by atoms with Crippen LogP contribution in [0.4, 0.5) is 0 Å². The van der Waals surface area contributed by atoms with Crippen molar-refractivity contribution >= 4 is 9.28 Å². The maximum absolute atomic E-state index is 5.50. The van der Waals surface area contributed by atoms with E-state index in [1.54, 1.807) is 14.2 Å². The molecule has 4 nitrogen and oxygen atoms in total. The quantitative estimate of drug-likeness (QED) is 0.550. The van der Waals surface area contributed by atoms with Crippen LogP contribution in [0, 0.1) is 0 Å². The SMILES string of the molecule is CO[SiH](OC)C(CCCN)CCCN. The molecule has 0 aromatic carbocycles. The van der Waals surface area contributed by atoms with Gasteiger partial charge in [-0.15, -0.1) is 0 Å². The lowest BCUT2D eigenvalue weighted by molar-refractivity contribution is 0.258. The van der Waals surface area contributed by atoms with Crippen molar-refractivity contribution < 1.29 is 8.85 Å². The van der Waals surface area contributed by atoms with Crippen LogP contribution in [0.25, 0.3) is 0 Å². The number of nitrogens with two attached hydrogens (primary N) is 2. The van der Waals surface area contributed by atoms with E-state index >= 15 is 0 Å². The predicted octanol–water partition coefficient (Wildman–Crippen LogP) is 0.348. The molecule has 0 atom stereocenters. The minimum Gasteiger partial charge on any atom is -0.400 e. The Morgan fingerprint density at radius 3 is 1.71 bits per heavy atom. The number of hydrogen-bond donors (Lipinski definition) is 2. The minimum atomic E-state index is -1.48. The highest BCUT2D eigenvalue weighted by Crippen LogP contribution is 2.23. The van der Waals surface area contributed by atoms with E-state index in [1.165, 1.54) is 0 Å². The van der Waals surface area contributed by atoms with Gasteiger partial charge in [-0.1, -0.05) is 0 Å². The number of hydrogen-bond acceptors (Lipinski definition) is 4. The summed E-state index contributed by atoms with van der Waals surface area (Å²) in [5.41, 5.74) is 11.5. The molecule has 0 saturated heterocycles. The predicted molar refractivity (Wildman–Crippen MR) is 61.5 cm³/mol. The molecule has 0 unspecified atom stereocenters. The van der Waals surface area contributed by atoms with E-state index in [0.29, 0.717) is 5.54 Å². The molecule has 0 aliphatic heterocycles. The Balaban J connectivity index is 3.92. The second-order valence-corrected chi connectivity index (χ2v) is 6.08. The van der Waals surface area contributed by atoms with E-state index < -0.39 is 9.28 Å². The molecule has 0 amide bonds. The van der Waals surface area contributed by atoms with Crippen LogP contribution in [-0.2, 0) is 8.85 Å². The normalized spacial score (nSPS) is 11.6. The van der Waals surface area contributed by atoms with Crippen molar-refractivity contribution in [1.82, 2.24) is 0 Å². The molecule has 0 aromatic heterocycles. The van der Waals surface area contributed by atoms with Crippen LogP contribution in [0.2, 0.25) is 5.54 Å². The monoisotopic (exact) mass is 220 g/mol. The van der Waals surface area contributed by atoms with Gasteiger partial charge in [0.1, 0.15) is 0 Å². The molecule has 0 aromatic rings. The van der Waals surface area contributed by atoms with Gasteiger partial charge in [-0.05, 0) is 44.3 Å². The lowest BCUT2D eigenvalue weighted by Crippen LogP contribution is -2.27. The Bertz CT molecular complexity index is 115. The second kappa shape index (κ2) is 9.61. The summed E-state index contributed by atoms with van der Waals surface area (Å²) in [6, 6.07) is 0. The first-order valence-corrected chi connectivity index (χ1v) is 6.86. The fourth-order valence-corrected chi connectivity index (χ4v) is 3.64. The zero-order valence-electron chi connectivity index (χ0n) is 9.37. The molecule has 0 radical (unpaired) electrons. The third kappa shape index (κ3) is 5.72. The van der Waals surface area contributed by atoms with E-state index in [0.717, 1.165) is 38.8 Å². The summed E-state index contributed by atoms with van der Waals surface area (Å²) in [6.07, 6.45) is 4.31. The molecule has 0 aliphatic rings. The van der Waals surface area contributed by atoms with Gasteiger partial charge in [0.2, 0.25) is 0 Å². The van der Waals surface area contributed by atoms with E-state index in [4.69, 9.17) is 20.3 Å². The van der Waals surface area contributed by atoms with Crippen molar-refractivity contribution in [2.45, 2.75) is 31.2 Å². The molecule has 0 heterocycles.